The summed E-state index contributed by atoms with van der Waals surface area (Å²) in [7, 11) is 0. The quantitative estimate of drug-likeness (QED) is 0.645. The van der Waals surface area contributed by atoms with Crippen molar-refractivity contribution in [2.75, 3.05) is 19.8 Å². The normalized spacial score (nSPS) is 40.9. The van der Waals surface area contributed by atoms with Crippen LogP contribution in [-0.4, -0.2) is 83.2 Å². The second kappa shape index (κ2) is 7.44. The number of nitrogens with zero attached hydrogens (tertiary/aromatic N) is 2. The van der Waals surface area contributed by atoms with Crippen LogP contribution < -0.4 is 0 Å². The molecular formula is C24H42N2O3. The first kappa shape index (κ1) is 20.7. The molecule has 4 unspecified atom stereocenters. The molecule has 0 radical (unpaired) electrons. The Morgan fingerprint density at radius 2 is 1.28 bits per heavy atom. The maximum Gasteiger partial charge on any atom is 0.0645 e. The summed E-state index contributed by atoms with van der Waals surface area (Å²) in [6, 6.07) is 3.66. The SMILES string of the molecule is CC(C)(C)OC1CC2CC(C1)N2CCC(C)(C)OC1CC2CC(C1)N2C1COC1. The fourth-order valence-electron chi connectivity index (χ4n) is 6.73. The van der Waals surface area contributed by atoms with Crippen molar-refractivity contribution in [3.8, 4) is 0 Å². The molecule has 7 aliphatic rings. The predicted molar refractivity (Wildman–Crippen MR) is 114 cm³/mol. The lowest BCUT2D eigenvalue weighted by Gasteiger charge is -2.60. The number of hydrogen-bond acceptors (Lipinski definition) is 5. The van der Waals surface area contributed by atoms with Crippen LogP contribution in [0.4, 0.5) is 0 Å². The Morgan fingerprint density at radius 1 is 0.724 bits per heavy atom. The first-order chi connectivity index (χ1) is 13.7. The van der Waals surface area contributed by atoms with Crippen molar-refractivity contribution < 1.29 is 14.2 Å². The van der Waals surface area contributed by atoms with Crippen LogP contribution in [0, 0.1) is 0 Å². The van der Waals surface area contributed by atoms with Crippen LogP contribution in [0.3, 0.4) is 0 Å². The van der Waals surface area contributed by atoms with E-state index in [1.165, 1.54) is 45.1 Å². The number of rotatable bonds is 7. The van der Waals surface area contributed by atoms with Crippen LogP contribution in [0.5, 0.6) is 0 Å². The second-order valence-electron chi connectivity index (χ2n) is 12.0. The van der Waals surface area contributed by atoms with Crippen molar-refractivity contribution in [3.05, 3.63) is 0 Å². The standard InChI is InChI=1S/C24H42N2O3/c1-23(2,3)28-21-10-16-8-17(11-21)25(16)7-6-24(4,5)29-22-12-18-9-19(13-22)26(18)20-14-27-15-20/h16-22H,6-15H2,1-5H3. The molecule has 4 atom stereocenters. The molecular weight excluding hydrogens is 364 g/mol. The van der Waals surface area contributed by atoms with Gasteiger partial charge in [0.2, 0.25) is 0 Å². The van der Waals surface area contributed by atoms with Crippen LogP contribution >= 0.6 is 0 Å². The lowest BCUT2D eigenvalue weighted by atomic mass is 9.76. The highest BCUT2D eigenvalue weighted by atomic mass is 16.5. The van der Waals surface area contributed by atoms with Crippen molar-refractivity contribution in [1.29, 1.82) is 0 Å². The first-order valence-corrected chi connectivity index (χ1v) is 12.1. The second-order valence-corrected chi connectivity index (χ2v) is 12.0. The van der Waals surface area contributed by atoms with Gasteiger partial charge in [-0.2, -0.15) is 0 Å². The van der Waals surface area contributed by atoms with Crippen molar-refractivity contribution >= 4 is 0 Å². The monoisotopic (exact) mass is 406 g/mol. The van der Waals surface area contributed by atoms with Gasteiger partial charge in [0.1, 0.15) is 0 Å². The molecule has 0 aromatic carbocycles. The molecule has 0 N–H and O–H groups in total. The van der Waals surface area contributed by atoms with E-state index in [1.54, 1.807) is 0 Å². The zero-order valence-corrected chi connectivity index (χ0v) is 19.2. The molecule has 0 aromatic heterocycles. The van der Waals surface area contributed by atoms with Gasteiger partial charge in [0.05, 0.1) is 42.7 Å². The number of hydrogen-bond donors (Lipinski definition) is 0. The predicted octanol–water partition coefficient (Wildman–Crippen LogP) is 3.60. The van der Waals surface area contributed by atoms with Gasteiger partial charge in [-0.3, -0.25) is 9.80 Å². The highest BCUT2D eigenvalue weighted by molar-refractivity contribution is 5.05. The molecule has 29 heavy (non-hydrogen) atoms. The third-order valence-electron chi connectivity index (χ3n) is 8.03. The first-order valence-electron chi connectivity index (χ1n) is 12.1. The molecule has 0 spiro atoms. The van der Waals surface area contributed by atoms with Gasteiger partial charge in [0, 0.05) is 30.7 Å². The zero-order chi connectivity index (χ0) is 20.4. The fraction of sp³-hybridized carbons (Fsp3) is 1.00. The summed E-state index contributed by atoms with van der Waals surface area (Å²) in [6.07, 6.45) is 9.65. The summed E-state index contributed by atoms with van der Waals surface area (Å²) in [4.78, 5) is 5.47. The van der Waals surface area contributed by atoms with Crippen molar-refractivity contribution in [1.82, 2.24) is 9.80 Å². The lowest BCUT2D eigenvalue weighted by Crippen LogP contribution is -2.69. The van der Waals surface area contributed by atoms with E-state index >= 15 is 0 Å². The van der Waals surface area contributed by atoms with Gasteiger partial charge in [-0.15, -0.1) is 0 Å². The van der Waals surface area contributed by atoms with Gasteiger partial charge in [-0.25, -0.2) is 0 Å². The minimum absolute atomic E-state index is 0.0168. The Balaban J connectivity index is 1.06. The molecule has 5 aliphatic heterocycles. The summed E-state index contributed by atoms with van der Waals surface area (Å²) in [6.45, 7) is 14.2. The van der Waals surface area contributed by atoms with Crippen molar-refractivity contribution in [2.24, 2.45) is 0 Å². The largest absolute Gasteiger partial charge is 0.378 e. The third kappa shape index (κ3) is 4.27. The lowest BCUT2D eigenvalue weighted by molar-refractivity contribution is -0.198. The van der Waals surface area contributed by atoms with E-state index in [4.69, 9.17) is 14.2 Å². The topological polar surface area (TPSA) is 34.2 Å². The molecule has 0 amide bonds. The van der Waals surface area contributed by atoms with E-state index in [0.717, 1.165) is 43.8 Å². The summed E-state index contributed by atoms with van der Waals surface area (Å²) in [5, 5.41) is 0. The van der Waals surface area contributed by atoms with Gasteiger partial charge in [0.25, 0.3) is 0 Å². The van der Waals surface area contributed by atoms with Gasteiger partial charge < -0.3 is 14.2 Å². The molecule has 5 nitrogen and oxygen atoms in total. The molecule has 4 bridgehead atoms. The average molecular weight is 407 g/mol. The smallest absolute Gasteiger partial charge is 0.0645 e. The third-order valence-corrected chi connectivity index (χ3v) is 8.03. The molecule has 166 valence electrons. The number of ether oxygens (including phenoxy) is 3. The number of fused-ring (bicyclic) bond motifs is 4. The summed E-state index contributed by atoms with van der Waals surface area (Å²) in [5.41, 5.74) is -0.0406. The van der Waals surface area contributed by atoms with E-state index in [0.29, 0.717) is 18.2 Å². The highest BCUT2D eigenvalue weighted by Crippen LogP contribution is 2.44. The maximum absolute atomic E-state index is 6.68. The molecule has 5 saturated heterocycles. The van der Waals surface area contributed by atoms with E-state index in [9.17, 15) is 0 Å². The molecule has 5 heterocycles. The minimum atomic E-state index is -0.0238. The zero-order valence-electron chi connectivity index (χ0n) is 19.2. The van der Waals surface area contributed by atoms with E-state index in [1.807, 2.05) is 0 Å². The average Bonchev–Trinajstić information content (AvgIpc) is 2.55. The van der Waals surface area contributed by atoms with Crippen LogP contribution in [-0.2, 0) is 14.2 Å². The van der Waals surface area contributed by atoms with E-state index < -0.39 is 0 Å². The van der Waals surface area contributed by atoms with Gasteiger partial charge >= 0.3 is 0 Å². The highest BCUT2D eigenvalue weighted by Gasteiger charge is 2.51. The number of piperidine rings is 2. The fourth-order valence-corrected chi connectivity index (χ4v) is 6.73. The van der Waals surface area contributed by atoms with Gasteiger partial charge in [0.15, 0.2) is 0 Å². The molecule has 7 fully saturated rings. The molecule has 5 heteroatoms. The van der Waals surface area contributed by atoms with Gasteiger partial charge in [-0.1, -0.05) is 0 Å². The van der Waals surface area contributed by atoms with Crippen LogP contribution in [0.15, 0.2) is 0 Å². The summed E-state index contributed by atoms with van der Waals surface area (Å²) in [5.74, 6) is 0. The molecule has 7 rings (SSSR count). The van der Waals surface area contributed by atoms with Crippen LogP contribution in [0.25, 0.3) is 0 Å². The van der Waals surface area contributed by atoms with E-state index in [-0.39, 0.29) is 11.2 Å². The Kier molecular flexibility index (Phi) is 5.31. The molecule has 2 saturated carbocycles. The van der Waals surface area contributed by atoms with Crippen LogP contribution in [0.2, 0.25) is 0 Å². The Morgan fingerprint density at radius 3 is 1.83 bits per heavy atom. The van der Waals surface area contributed by atoms with Crippen molar-refractivity contribution in [3.63, 3.8) is 0 Å². The molecule has 0 aromatic rings. The Labute approximate surface area is 177 Å². The molecule has 2 aliphatic carbocycles. The van der Waals surface area contributed by atoms with Gasteiger partial charge in [-0.05, 0) is 79.6 Å². The summed E-state index contributed by atoms with van der Waals surface area (Å²) < 4.78 is 18.4. The maximum atomic E-state index is 6.68. The van der Waals surface area contributed by atoms with E-state index in [2.05, 4.69) is 44.4 Å². The summed E-state index contributed by atoms with van der Waals surface area (Å²) >= 11 is 0. The van der Waals surface area contributed by atoms with Crippen molar-refractivity contribution in [2.45, 2.75) is 133 Å². The van der Waals surface area contributed by atoms with Crippen LogP contribution in [0.1, 0.15) is 79.6 Å². The minimum Gasteiger partial charge on any atom is -0.378 e. The Bertz CT molecular complexity index is 575. The Hall–Kier alpha value is -0.200.